The van der Waals surface area contributed by atoms with E-state index in [1.807, 2.05) is 6.07 Å². The first-order valence-corrected chi connectivity index (χ1v) is 12.0. The van der Waals surface area contributed by atoms with Crippen LogP contribution < -0.4 is 14.8 Å². The predicted octanol–water partition coefficient (Wildman–Crippen LogP) is 5.10. The van der Waals surface area contributed by atoms with Gasteiger partial charge in [-0.3, -0.25) is 19.8 Å². The fourth-order valence-corrected chi connectivity index (χ4v) is 5.73. The molecule has 1 saturated heterocycles. The quantitative estimate of drug-likeness (QED) is 0.354. The molecule has 5 rings (SSSR count). The van der Waals surface area contributed by atoms with Crippen molar-refractivity contribution in [3.05, 3.63) is 97.5 Å². The summed E-state index contributed by atoms with van der Waals surface area (Å²) < 4.78 is 11.5. The van der Waals surface area contributed by atoms with Crippen LogP contribution in [0.4, 0.5) is 5.69 Å². The van der Waals surface area contributed by atoms with Gasteiger partial charge < -0.3 is 14.8 Å². The summed E-state index contributed by atoms with van der Waals surface area (Å²) in [4.78, 5) is 27.2. The maximum atomic E-state index is 13.3. The van der Waals surface area contributed by atoms with E-state index in [-0.39, 0.29) is 17.4 Å². The van der Waals surface area contributed by atoms with Crippen molar-refractivity contribution in [1.82, 2.24) is 4.90 Å². The van der Waals surface area contributed by atoms with Gasteiger partial charge in [0, 0.05) is 22.7 Å². The number of amides is 1. The summed E-state index contributed by atoms with van der Waals surface area (Å²) in [6.45, 7) is 0.552. The number of hydrogen-bond acceptors (Lipinski definition) is 6. The van der Waals surface area contributed by atoms with E-state index >= 15 is 0 Å². The van der Waals surface area contributed by atoms with E-state index in [2.05, 4.69) is 5.32 Å². The lowest BCUT2D eigenvalue weighted by molar-refractivity contribution is -0.534. The third kappa shape index (κ3) is 3.77. The van der Waals surface area contributed by atoms with Gasteiger partial charge in [-0.05, 0) is 48.5 Å². The van der Waals surface area contributed by atoms with E-state index in [9.17, 15) is 14.9 Å². The highest BCUT2D eigenvalue weighted by molar-refractivity contribution is 6.42. The predicted molar refractivity (Wildman–Crippen MR) is 137 cm³/mol. The van der Waals surface area contributed by atoms with Crippen molar-refractivity contribution in [1.29, 1.82) is 0 Å². The lowest BCUT2D eigenvalue weighted by Crippen LogP contribution is -2.54. The Morgan fingerprint density at radius 1 is 1.11 bits per heavy atom. The molecule has 1 N–H and O–H groups in total. The van der Waals surface area contributed by atoms with Gasteiger partial charge in [0.05, 0.1) is 23.1 Å². The summed E-state index contributed by atoms with van der Waals surface area (Å²) in [5, 5.41) is 16.2. The van der Waals surface area contributed by atoms with Crippen LogP contribution in [0.1, 0.15) is 22.6 Å². The lowest BCUT2D eigenvalue weighted by atomic mass is 9.79. The Kier molecular flexibility index (Phi) is 6.28. The highest BCUT2D eigenvalue weighted by Crippen LogP contribution is 2.52. The number of rotatable bonds is 6. The molecule has 3 aromatic carbocycles. The number of hydrogen-bond donors (Lipinski definition) is 1. The summed E-state index contributed by atoms with van der Waals surface area (Å²) in [5.41, 5.74) is 1.34. The number of ether oxygens (including phenoxy) is 2. The smallest absolute Gasteiger partial charge is 0.256 e. The SMILES string of the molecule is COc1cc([C@@H]2CN(C)[C@]3(C(=O)Nc4ccccc43)[C@@H]2[N+](=O)[O-])ccc1OCc1ccc(Cl)c(Cl)c1. The maximum absolute atomic E-state index is 13.3. The van der Waals surface area contributed by atoms with Crippen molar-refractivity contribution >= 4 is 34.8 Å². The Hall–Kier alpha value is -3.33. The molecule has 0 aromatic heterocycles. The van der Waals surface area contributed by atoms with Crippen LogP contribution in [0.15, 0.2) is 60.7 Å². The van der Waals surface area contributed by atoms with Crippen LogP contribution in [0, 0.1) is 10.1 Å². The minimum Gasteiger partial charge on any atom is -0.493 e. The fraction of sp³-hybridized carbons (Fsp3) is 0.269. The van der Waals surface area contributed by atoms with Crippen molar-refractivity contribution in [2.45, 2.75) is 24.1 Å². The zero-order chi connectivity index (χ0) is 25.6. The van der Waals surface area contributed by atoms with Crippen LogP contribution in [-0.2, 0) is 16.9 Å². The minimum absolute atomic E-state index is 0.232. The lowest BCUT2D eigenvalue weighted by Gasteiger charge is -2.30. The summed E-state index contributed by atoms with van der Waals surface area (Å²) in [7, 11) is 3.27. The Balaban J connectivity index is 1.47. The van der Waals surface area contributed by atoms with Crippen LogP contribution in [0.25, 0.3) is 0 Å². The number of methoxy groups -OCH3 is 1. The van der Waals surface area contributed by atoms with Gasteiger partial charge >= 0.3 is 0 Å². The van der Waals surface area contributed by atoms with Gasteiger partial charge in [0.1, 0.15) is 6.61 Å². The molecule has 36 heavy (non-hydrogen) atoms. The number of likely N-dealkylation sites (tertiary alicyclic amines) is 1. The van der Waals surface area contributed by atoms with Crippen molar-refractivity contribution in [3.63, 3.8) is 0 Å². The molecule has 3 atom stereocenters. The summed E-state index contributed by atoms with van der Waals surface area (Å²) in [6, 6.07) is 16.5. The van der Waals surface area contributed by atoms with Crippen LogP contribution in [0.3, 0.4) is 0 Å². The number of anilines is 1. The monoisotopic (exact) mass is 527 g/mol. The molecule has 0 radical (unpaired) electrons. The van der Waals surface area contributed by atoms with Gasteiger partial charge in [-0.2, -0.15) is 0 Å². The normalized spacial score (nSPS) is 22.9. The van der Waals surface area contributed by atoms with Gasteiger partial charge in [-0.15, -0.1) is 0 Å². The van der Waals surface area contributed by atoms with Crippen molar-refractivity contribution in [2.75, 3.05) is 26.0 Å². The molecule has 186 valence electrons. The largest absolute Gasteiger partial charge is 0.493 e. The van der Waals surface area contributed by atoms with Gasteiger partial charge in [-0.1, -0.05) is 53.5 Å². The van der Waals surface area contributed by atoms with Crippen molar-refractivity contribution in [2.24, 2.45) is 0 Å². The van der Waals surface area contributed by atoms with E-state index in [4.69, 9.17) is 32.7 Å². The van der Waals surface area contributed by atoms with Gasteiger partial charge in [0.25, 0.3) is 11.9 Å². The van der Waals surface area contributed by atoms with Gasteiger partial charge in [0.2, 0.25) is 0 Å². The van der Waals surface area contributed by atoms with E-state index in [1.54, 1.807) is 66.5 Å². The number of benzene rings is 3. The molecule has 2 aliphatic rings. The molecule has 1 amide bonds. The number of nitro groups is 1. The van der Waals surface area contributed by atoms with Crippen LogP contribution in [0.2, 0.25) is 10.0 Å². The Bertz CT molecular complexity index is 1370. The first kappa shape index (κ1) is 24.4. The minimum atomic E-state index is -1.40. The van der Waals surface area contributed by atoms with E-state index < -0.39 is 17.5 Å². The van der Waals surface area contributed by atoms with Crippen LogP contribution >= 0.6 is 23.2 Å². The summed E-state index contributed by atoms with van der Waals surface area (Å²) >= 11 is 12.1. The zero-order valence-electron chi connectivity index (χ0n) is 19.5. The molecule has 0 aliphatic carbocycles. The molecule has 1 fully saturated rings. The summed E-state index contributed by atoms with van der Waals surface area (Å²) in [5.74, 6) is -0.0200. The number of nitrogens with zero attached hydrogens (tertiary/aromatic N) is 2. The zero-order valence-corrected chi connectivity index (χ0v) is 21.0. The molecule has 8 nitrogen and oxygen atoms in total. The number of para-hydroxylation sites is 1. The van der Waals surface area contributed by atoms with Gasteiger partial charge in [-0.25, -0.2) is 0 Å². The molecule has 3 aromatic rings. The molecule has 0 bridgehead atoms. The Morgan fingerprint density at radius 3 is 2.61 bits per heavy atom. The molecule has 1 spiro atoms. The molecular weight excluding hydrogens is 505 g/mol. The standard InChI is InChI=1S/C26H23Cl2N3O5/c1-30-13-17(24(31(33)34)26(30)18-5-3-4-6-21(18)29-25(26)32)16-8-10-22(23(12-16)35-2)36-14-15-7-9-19(27)20(28)11-15/h3-12,17,24H,13-14H2,1-2H3,(H,29,32)/t17-,24+,26-/m0/s1. The number of likely N-dealkylation sites (N-methyl/N-ethyl adjacent to an activating group) is 1. The van der Waals surface area contributed by atoms with E-state index in [0.29, 0.717) is 44.9 Å². The molecule has 0 unspecified atom stereocenters. The average Bonchev–Trinajstić information content (AvgIpc) is 3.34. The van der Waals surface area contributed by atoms with Crippen LogP contribution in [-0.4, -0.2) is 42.5 Å². The van der Waals surface area contributed by atoms with Crippen molar-refractivity contribution < 1.29 is 19.2 Å². The summed E-state index contributed by atoms with van der Waals surface area (Å²) in [6.07, 6.45) is 0. The molecule has 0 saturated carbocycles. The molecular formula is C26H23Cl2N3O5. The molecule has 2 heterocycles. The second kappa shape index (κ2) is 9.28. The van der Waals surface area contributed by atoms with Crippen LogP contribution in [0.5, 0.6) is 11.5 Å². The highest BCUT2D eigenvalue weighted by Gasteiger charge is 2.68. The number of carbonyl (C=O) groups is 1. The first-order valence-electron chi connectivity index (χ1n) is 11.3. The van der Waals surface area contributed by atoms with E-state index in [1.165, 1.54) is 7.11 Å². The number of fused-ring (bicyclic) bond motifs is 2. The number of carbonyl (C=O) groups excluding carboxylic acids is 1. The Labute approximate surface area is 217 Å². The van der Waals surface area contributed by atoms with Gasteiger partial charge in [0.15, 0.2) is 17.0 Å². The number of nitrogens with one attached hydrogen (secondary N) is 1. The maximum Gasteiger partial charge on any atom is 0.256 e. The first-order chi connectivity index (χ1) is 17.3. The molecule has 2 aliphatic heterocycles. The second-order valence-electron chi connectivity index (χ2n) is 8.93. The third-order valence-corrected chi connectivity index (χ3v) is 7.77. The Morgan fingerprint density at radius 2 is 1.89 bits per heavy atom. The second-order valence-corrected chi connectivity index (χ2v) is 9.75. The third-order valence-electron chi connectivity index (χ3n) is 7.04. The topological polar surface area (TPSA) is 93.9 Å². The highest BCUT2D eigenvalue weighted by atomic mass is 35.5. The van der Waals surface area contributed by atoms with Crippen molar-refractivity contribution in [3.8, 4) is 11.5 Å². The van der Waals surface area contributed by atoms with E-state index in [0.717, 1.165) is 5.56 Å². The molecule has 10 heteroatoms. The fourth-order valence-electron chi connectivity index (χ4n) is 5.40. The average molecular weight is 528 g/mol. The number of halogens is 2.